The Hall–Kier alpha value is -1.36. The number of aromatic nitrogens is 2. The van der Waals surface area contributed by atoms with Crippen molar-refractivity contribution in [1.82, 2.24) is 10.2 Å². The molecule has 1 aliphatic rings. The van der Waals surface area contributed by atoms with Crippen LogP contribution in [0.4, 0.5) is 5.69 Å². The summed E-state index contributed by atoms with van der Waals surface area (Å²) in [6.07, 6.45) is 0.976. The van der Waals surface area contributed by atoms with Gasteiger partial charge in [0.2, 0.25) is 5.91 Å². The van der Waals surface area contributed by atoms with Crippen LogP contribution in [-0.2, 0) is 9.53 Å². The number of hydrogen-bond acceptors (Lipinski definition) is 3. The molecule has 16 heavy (non-hydrogen) atoms. The topological polar surface area (TPSA) is 67.0 Å². The second-order valence-corrected chi connectivity index (χ2v) is 4.37. The number of nitrogens with zero attached hydrogens (tertiary/aromatic N) is 1. The third-order valence-corrected chi connectivity index (χ3v) is 2.95. The fourth-order valence-corrected chi connectivity index (χ4v) is 1.96. The Kier molecular flexibility index (Phi) is 2.96. The van der Waals surface area contributed by atoms with E-state index in [1.165, 1.54) is 0 Å². The van der Waals surface area contributed by atoms with Gasteiger partial charge in [-0.3, -0.25) is 9.89 Å². The quantitative estimate of drug-likeness (QED) is 0.796. The summed E-state index contributed by atoms with van der Waals surface area (Å²) in [6.45, 7) is 6.26. The number of H-pyrrole nitrogens is 1. The first-order chi connectivity index (χ1) is 7.58. The third kappa shape index (κ3) is 2.09. The molecule has 0 aromatic carbocycles. The van der Waals surface area contributed by atoms with Gasteiger partial charge in [0.25, 0.3) is 0 Å². The maximum atomic E-state index is 11.9. The van der Waals surface area contributed by atoms with E-state index in [9.17, 15) is 4.79 Å². The standard InChI is InChI=1S/C11H17N3O2/c1-6-4-9(5-16-6)11(15)12-10-7(2)13-14-8(10)3/h6,9H,4-5H2,1-3H3,(H,12,15)(H,13,14). The number of nitrogens with one attached hydrogen (secondary N) is 2. The second kappa shape index (κ2) is 4.25. The molecule has 0 saturated carbocycles. The summed E-state index contributed by atoms with van der Waals surface area (Å²) in [5.74, 6) is -0.0133. The number of carbonyl (C=O) groups is 1. The highest BCUT2D eigenvalue weighted by atomic mass is 16.5. The normalized spacial score (nSPS) is 24.7. The average Bonchev–Trinajstić information content (AvgIpc) is 2.79. The molecule has 1 fully saturated rings. The number of anilines is 1. The highest BCUT2D eigenvalue weighted by molar-refractivity contribution is 5.93. The lowest BCUT2D eigenvalue weighted by Gasteiger charge is -2.09. The van der Waals surface area contributed by atoms with E-state index in [4.69, 9.17) is 4.74 Å². The highest BCUT2D eigenvalue weighted by Crippen LogP contribution is 2.22. The highest BCUT2D eigenvalue weighted by Gasteiger charge is 2.28. The van der Waals surface area contributed by atoms with Crippen LogP contribution in [0.2, 0.25) is 0 Å². The molecule has 0 radical (unpaired) electrons. The summed E-state index contributed by atoms with van der Waals surface area (Å²) >= 11 is 0. The van der Waals surface area contributed by atoms with Gasteiger partial charge in [-0.25, -0.2) is 0 Å². The summed E-state index contributed by atoms with van der Waals surface area (Å²) in [4.78, 5) is 11.9. The number of hydrogen-bond donors (Lipinski definition) is 2. The van der Waals surface area contributed by atoms with Crippen molar-refractivity contribution in [2.24, 2.45) is 5.92 Å². The number of carbonyl (C=O) groups excluding carboxylic acids is 1. The zero-order chi connectivity index (χ0) is 11.7. The van der Waals surface area contributed by atoms with Crippen molar-refractivity contribution in [1.29, 1.82) is 0 Å². The van der Waals surface area contributed by atoms with Crippen molar-refractivity contribution in [3.63, 3.8) is 0 Å². The molecule has 0 aliphatic carbocycles. The van der Waals surface area contributed by atoms with Crippen LogP contribution in [0.3, 0.4) is 0 Å². The Bertz CT molecular complexity index is 380. The zero-order valence-corrected chi connectivity index (χ0v) is 9.83. The Morgan fingerprint density at radius 2 is 2.31 bits per heavy atom. The molecular weight excluding hydrogens is 206 g/mol. The van der Waals surface area contributed by atoms with Crippen LogP contribution in [0.15, 0.2) is 0 Å². The fraction of sp³-hybridized carbons (Fsp3) is 0.636. The van der Waals surface area contributed by atoms with E-state index in [-0.39, 0.29) is 17.9 Å². The van der Waals surface area contributed by atoms with E-state index in [0.29, 0.717) is 6.61 Å². The first-order valence-corrected chi connectivity index (χ1v) is 5.52. The van der Waals surface area contributed by atoms with Crippen LogP contribution < -0.4 is 5.32 Å². The van der Waals surface area contributed by atoms with Crippen molar-refractivity contribution in [3.05, 3.63) is 11.4 Å². The molecule has 1 aromatic heterocycles. The molecule has 2 heterocycles. The summed E-state index contributed by atoms with van der Waals surface area (Å²) in [7, 11) is 0. The predicted octanol–water partition coefficient (Wildman–Crippen LogP) is 1.39. The molecule has 5 nitrogen and oxygen atoms in total. The number of rotatable bonds is 2. The Morgan fingerprint density at radius 1 is 1.56 bits per heavy atom. The minimum Gasteiger partial charge on any atom is -0.378 e. The van der Waals surface area contributed by atoms with Gasteiger partial charge in [-0.1, -0.05) is 0 Å². The Labute approximate surface area is 94.6 Å². The van der Waals surface area contributed by atoms with Gasteiger partial charge in [0, 0.05) is 0 Å². The monoisotopic (exact) mass is 223 g/mol. The molecule has 0 bridgehead atoms. The number of amides is 1. The van der Waals surface area contributed by atoms with Crippen LogP contribution in [0.25, 0.3) is 0 Å². The van der Waals surface area contributed by atoms with E-state index in [2.05, 4.69) is 15.5 Å². The molecule has 2 unspecified atom stereocenters. The first kappa shape index (κ1) is 11.1. The minimum absolute atomic E-state index is 0.0250. The summed E-state index contributed by atoms with van der Waals surface area (Å²) in [5.41, 5.74) is 2.50. The number of aromatic amines is 1. The van der Waals surface area contributed by atoms with Crippen LogP contribution in [0, 0.1) is 19.8 Å². The van der Waals surface area contributed by atoms with Crippen molar-refractivity contribution in [2.45, 2.75) is 33.3 Å². The second-order valence-electron chi connectivity index (χ2n) is 4.37. The molecule has 5 heteroatoms. The first-order valence-electron chi connectivity index (χ1n) is 5.52. The van der Waals surface area contributed by atoms with Crippen LogP contribution in [0.5, 0.6) is 0 Å². The van der Waals surface area contributed by atoms with Crippen LogP contribution >= 0.6 is 0 Å². The lowest BCUT2D eigenvalue weighted by Crippen LogP contribution is -2.23. The van der Waals surface area contributed by atoms with E-state index >= 15 is 0 Å². The van der Waals surface area contributed by atoms with Crippen molar-refractivity contribution in [2.75, 3.05) is 11.9 Å². The summed E-state index contributed by atoms with van der Waals surface area (Å²) in [5, 5.41) is 9.79. The van der Waals surface area contributed by atoms with Gasteiger partial charge in [-0.15, -0.1) is 0 Å². The minimum atomic E-state index is -0.0382. The summed E-state index contributed by atoms with van der Waals surface area (Å²) < 4.78 is 5.38. The smallest absolute Gasteiger partial charge is 0.230 e. The lowest BCUT2D eigenvalue weighted by atomic mass is 10.1. The van der Waals surface area contributed by atoms with E-state index in [1.807, 2.05) is 20.8 Å². The van der Waals surface area contributed by atoms with Crippen molar-refractivity contribution < 1.29 is 9.53 Å². The molecule has 1 aromatic rings. The van der Waals surface area contributed by atoms with E-state index in [0.717, 1.165) is 23.5 Å². The van der Waals surface area contributed by atoms with E-state index < -0.39 is 0 Å². The van der Waals surface area contributed by atoms with Crippen LogP contribution in [0.1, 0.15) is 24.7 Å². The Balaban J connectivity index is 2.02. The van der Waals surface area contributed by atoms with Gasteiger partial charge in [-0.2, -0.15) is 5.10 Å². The summed E-state index contributed by atoms with van der Waals surface area (Å²) in [6, 6.07) is 0. The SMILES string of the molecule is Cc1n[nH]c(C)c1NC(=O)C1COC(C)C1. The maximum Gasteiger partial charge on any atom is 0.230 e. The Morgan fingerprint density at radius 3 is 2.81 bits per heavy atom. The van der Waals surface area contributed by atoms with Gasteiger partial charge in [0.1, 0.15) is 0 Å². The molecule has 2 atom stereocenters. The zero-order valence-electron chi connectivity index (χ0n) is 9.83. The molecule has 1 saturated heterocycles. The predicted molar refractivity (Wildman–Crippen MR) is 60.2 cm³/mol. The molecule has 1 aliphatic heterocycles. The van der Waals surface area contributed by atoms with E-state index in [1.54, 1.807) is 0 Å². The molecule has 88 valence electrons. The van der Waals surface area contributed by atoms with Gasteiger partial charge in [0.15, 0.2) is 0 Å². The number of aryl methyl sites for hydroxylation is 2. The molecular formula is C11H17N3O2. The van der Waals surface area contributed by atoms with Gasteiger partial charge in [0.05, 0.1) is 35.7 Å². The molecule has 0 spiro atoms. The van der Waals surface area contributed by atoms with Crippen LogP contribution in [-0.4, -0.2) is 28.8 Å². The maximum absolute atomic E-state index is 11.9. The third-order valence-electron chi connectivity index (χ3n) is 2.95. The van der Waals surface area contributed by atoms with Crippen molar-refractivity contribution >= 4 is 11.6 Å². The van der Waals surface area contributed by atoms with Gasteiger partial charge >= 0.3 is 0 Å². The van der Waals surface area contributed by atoms with Gasteiger partial charge < -0.3 is 10.1 Å². The largest absolute Gasteiger partial charge is 0.378 e. The molecule has 2 N–H and O–H groups in total. The number of ether oxygens (including phenoxy) is 1. The molecule has 2 rings (SSSR count). The molecule has 1 amide bonds. The lowest BCUT2D eigenvalue weighted by molar-refractivity contribution is -0.119. The van der Waals surface area contributed by atoms with Crippen molar-refractivity contribution in [3.8, 4) is 0 Å². The fourth-order valence-electron chi connectivity index (χ4n) is 1.96. The average molecular weight is 223 g/mol. The van der Waals surface area contributed by atoms with Gasteiger partial charge in [-0.05, 0) is 27.2 Å².